The molecule has 5 nitrogen and oxygen atoms in total. The van der Waals surface area contributed by atoms with Gasteiger partial charge < -0.3 is 15.0 Å². The first-order chi connectivity index (χ1) is 14.2. The smallest absolute Gasteiger partial charge is 0.339 e. The topological polar surface area (TPSA) is 67.2 Å². The zero-order valence-corrected chi connectivity index (χ0v) is 16.6. The number of fused-ring (bicyclic) bond motifs is 1. The van der Waals surface area contributed by atoms with Crippen molar-refractivity contribution < 1.29 is 9.90 Å². The summed E-state index contributed by atoms with van der Waals surface area (Å²) < 4.78 is 2.35. The SMILES string of the molecule is O=C(O)c1cc(C2CC2)cnc1Nc1ccc2ccn(CC3CCCCC3)c2c1. The second-order valence-corrected chi connectivity index (χ2v) is 8.61. The predicted octanol–water partition coefficient (Wildman–Crippen LogP) is 5.94. The summed E-state index contributed by atoms with van der Waals surface area (Å²) in [6, 6.07) is 10.1. The molecule has 1 aromatic carbocycles. The maximum Gasteiger partial charge on any atom is 0.339 e. The summed E-state index contributed by atoms with van der Waals surface area (Å²) >= 11 is 0. The van der Waals surface area contributed by atoms with Gasteiger partial charge in [-0.2, -0.15) is 0 Å². The second-order valence-electron chi connectivity index (χ2n) is 8.61. The van der Waals surface area contributed by atoms with Crippen LogP contribution < -0.4 is 5.32 Å². The van der Waals surface area contributed by atoms with Crippen molar-refractivity contribution in [1.82, 2.24) is 9.55 Å². The third-order valence-electron chi connectivity index (χ3n) is 6.40. The number of rotatable bonds is 6. The van der Waals surface area contributed by atoms with Gasteiger partial charge in [-0.3, -0.25) is 0 Å². The van der Waals surface area contributed by atoms with Crippen LogP contribution in [0.3, 0.4) is 0 Å². The zero-order valence-electron chi connectivity index (χ0n) is 16.6. The molecule has 2 N–H and O–H groups in total. The van der Waals surface area contributed by atoms with Gasteiger partial charge in [0.2, 0.25) is 0 Å². The zero-order chi connectivity index (χ0) is 19.8. The number of hydrogen-bond donors (Lipinski definition) is 2. The lowest BCUT2D eigenvalue weighted by Gasteiger charge is -2.22. The van der Waals surface area contributed by atoms with Crippen molar-refractivity contribution in [2.24, 2.45) is 5.92 Å². The summed E-state index contributed by atoms with van der Waals surface area (Å²) in [5, 5.41) is 14.1. The lowest BCUT2D eigenvalue weighted by Crippen LogP contribution is -2.13. The molecule has 5 rings (SSSR count). The van der Waals surface area contributed by atoms with E-state index in [9.17, 15) is 9.90 Å². The van der Waals surface area contributed by atoms with Crippen LogP contribution in [0.4, 0.5) is 11.5 Å². The molecule has 0 spiro atoms. The van der Waals surface area contributed by atoms with E-state index in [-0.39, 0.29) is 5.56 Å². The summed E-state index contributed by atoms with van der Waals surface area (Å²) in [6.45, 7) is 1.06. The molecule has 0 amide bonds. The average Bonchev–Trinajstić information content (AvgIpc) is 3.51. The van der Waals surface area contributed by atoms with Crippen molar-refractivity contribution in [2.75, 3.05) is 5.32 Å². The van der Waals surface area contributed by atoms with Crippen LogP contribution in [0.15, 0.2) is 42.7 Å². The third-order valence-corrected chi connectivity index (χ3v) is 6.40. The first-order valence-electron chi connectivity index (χ1n) is 10.8. The number of aromatic nitrogens is 2. The van der Waals surface area contributed by atoms with E-state index in [2.05, 4.69) is 39.3 Å². The van der Waals surface area contributed by atoms with E-state index in [4.69, 9.17) is 0 Å². The van der Waals surface area contributed by atoms with E-state index in [1.54, 1.807) is 6.07 Å². The quantitative estimate of drug-likeness (QED) is 0.548. The van der Waals surface area contributed by atoms with E-state index in [1.165, 1.54) is 43.0 Å². The molecule has 0 radical (unpaired) electrons. The fourth-order valence-corrected chi connectivity index (χ4v) is 4.59. The maximum atomic E-state index is 11.8. The molecule has 3 aromatic rings. The molecule has 0 atom stereocenters. The standard InChI is InChI=1S/C24H27N3O2/c28-24(29)21-12-19(17-6-7-17)14-25-23(21)26-20-9-8-18-10-11-27(22(18)13-20)15-16-4-2-1-3-5-16/h8-14,16-17H,1-7,15H2,(H,25,26)(H,28,29). The van der Waals surface area contributed by atoms with Crippen LogP contribution in [0.1, 0.15) is 66.8 Å². The largest absolute Gasteiger partial charge is 0.478 e. The van der Waals surface area contributed by atoms with Crippen LogP contribution in [-0.4, -0.2) is 20.6 Å². The third kappa shape index (κ3) is 3.86. The van der Waals surface area contributed by atoms with Gasteiger partial charge in [-0.25, -0.2) is 9.78 Å². The van der Waals surface area contributed by atoms with E-state index in [0.717, 1.165) is 36.6 Å². The minimum Gasteiger partial charge on any atom is -0.478 e. The number of pyridine rings is 1. The Morgan fingerprint density at radius 1 is 1.10 bits per heavy atom. The Hall–Kier alpha value is -2.82. The van der Waals surface area contributed by atoms with Crippen LogP contribution in [0.2, 0.25) is 0 Å². The Labute approximate surface area is 170 Å². The molecule has 2 heterocycles. The van der Waals surface area contributed by atoms with Gasteiger partial charge in [-0.1, -0.05) is 25.3 Å². The molecular formula is C24H27N3O2. The summed E-state index contributed by atoms with van der Waals surface area (Å²) in [4.78, 5) is 16.2. The highest BCUT2D eigenvalue weighted by molar-refractivity contribution is 5.94. The lowest BCUT2D eigenvalue weighted by molar-refractivity contribution is 0.0697. The van der Waals surface area contributed by atoms with Gasteiger partial charge in [-0.15, -0.1) is 0 Å². The highest BCUT2D eigenvalue weighted by atomic mass is 16.4. The summed E-state index contributed by atoms with van der Waals surface area (Å²) in [6.07, 6.45) is 12.9. The molecule has 0 bridgehead atoms. The predicted molar refractivity (Wildman–Crippen MR) is 115 cm³/mol. The fourth-order valence-electron chi connectivity index (χ4n) is 4.59. The summed E-state index contributed by atoms with van der Waals surface area (Å²) in [5.74, 6) is 0.705. The van der Waals surface area contributed by atoms with E-state index in [0.29, 0.717) is 11.7 Å². The molecule has 2 saturated carbocycles. The molecule has 29 heavy (non-hydrogen) atoms. The number of carbonyl (C=O) groups is 1. The van der Waals surface area contributed by atoms with Gasteiger partial charge in [0.05, 0.1) is 5.52 Å². The minimum atomic E-state index is -0.941. The molecule has 2 aromatic heterocycles. The molecule has 0 unspecified atom stereocenters. The van der Waals surface area contributed by atoms with Crippen LogP contribution >= 0.6 is 0 Å². The highest BCUT2D eigenvalue weighted by Crippen LogP contribution is 2.40. The van der Waals surface area contributed by atoms with E-state index >= 15 is 0 Å². The Bertz CT molecular complexity index is 1050. The van der Waals surface area contributed by atoms with Gasteiger partial charge in [-0.05, 0) is 72.7 Å². The summed E-state index contributed by atoms with van der Waals surface area (Å²) in [7, 11) is 0. The number of nitrogens with zero attached hydrogens (tertiary/aromatic N) is 2. The molecule has 2 aliphatic rings. The van der Waals surface area contributed by atoms with Gasteiger partial charge in [0, 0.05) is 24.6 Å². The fraction of sp³-hybridized carbons (Fsp3) is 0.417. The number of nitrogens with one attached hydrogen (secondary N) is 1. The van der Waals surface area contributed by atoms with Crippen molar-refractivity contribution in [3.63, 3.8) is 0 Å². The Morgan fingerprint density at radius 2 is 1.93 bits per heavy atom. The van der Waals surface area contributed by atoms with Crippen LogP contribution in [0.25, 0.3) is 10.9 Å². The number of aromatic carboxylic acids is 1. The molecule has 2 fully saturated rings. The van der Waals surface area contributed by atoms with Crippen LogP contribution in [0, 0.1) is 5.92 Å². The van der Waals surface area contributed by atoms with Gasteiger partial charge in [0.25, 0.3) is 0 Å². The Kier molecular flexibility index (Phi) is 4.74. The van der Waals surface area contributed by atoms with Crippen molar-refractivity contribution >= 4 is 28.4 Å². The monoisotopic (exact) mass is 389 g/mol. The van der Waals surface area contributed by atoms with Gasteiger partial charge >= 0.3 is 5.97 Å². The Balaban J connectivity index is 1.42. The lowest BCUT2D eigenvalue weighted by atomic mass is 9.89. The van der Waals surface area contributed by atoms with Crippen molar-refractivity contribution in [3.05, 3.63) is 53.9 Å². The van der Waals surface area contributed by atoms with Crippen LogP contribution in [0.5, 0.6) is 0 Å². The Morgan fingerprint density at radius 3 is 2.69 bits per heavy atom. The van der Waals surface area contributed by atoms with Crippen molar-refractivity contribution in [1.29, 1.82) is 0 Å². The van der Waals surface area contributed by atoms with Gasteiger partial charge in [0.1, 0.15) is 11.4 Å². The number of hydrogen-bond acceptors (Lipinski definition) is 3. The number of carboxylic acid groups (broad SMARTS) is 1. The van der Waals surface area contributed by atoms with Crippen molar-refractivity contribution in [2.45, 2.75) is 57.4 Å². The van der Waals surface area contributed by atoms with Crippen LogP contribution in [-0.2, 0) is 6.54 Å². The molecular weight excluding hydrogens is 362 g/mol. The van der Waals surface area contributed by atoms with E-state index < -0.39 is 5.97 Å². The molecule has 0 aliphatic heterocycles. The molecule has 0 saturated heterocycles. The number of carboxylic acids is 1. The maximum absolute atomic E-state index is 11.8. The number of anilines is 2. The molecule has 2 aliphatic carbocycles. The first kappa shape index (κ1) is 18.2. The van der Waals surface area contributed by atoms with Crippen molar-refractivity contribution in [3.8, 4) is 0 Å². The first-order valence-corrected chi connectivity index (χ1v) is 10.8. The molecule has 5 heteroatoms. The minimum absolute atomic E-state index is 0.243. The molecule has 150 valence electrons. The second kappa shape index (κ2) is 7.54. The average molecular weight is 389 g/mol. The summed E-state index contributed by atoms with van der Waals surface area (Å²) in [5.41, 5.74) is 3.33. The number of benzene rings is 1. The van der Waals surface area contributed by atoms with E-state index in [1.807, 2.05) is 12.3 Å². The van der Waals surface area contributed by atoms with Gasteiger partial charge in [0.15, 0.2) is 0 Å². The normalized spacial score (nSPS) is 17.5. The highest BCUT2D eigenvalue weighted by Gasteiger charge is 2.26.